The van der Waals surface area contributed by atoms with Gasteiger partial charge in [-0.3, -0.25) is 10.1 Å². The lowest BCUT2D eigenvalue weighted by molar-refractivity contribution is -0.517. The fourth-order valence-corrected chi connectivity index (χ4v) is 1.24. The molecule has 0 saturated heterocycles. The van der Waals surface area contributed by atoms with E-state index >= 15 is 0 Å². The number of rotatable bonds is 1. The molecule has 1 aliphatic heterocycles. The number of hydrogen-bond acceptors (Lipinski definition) is 4. The van der Waals surface area contributed by atoms with Crippen LogP contribution in [0.1, 0.15) is 0 Å². The lowest BCUT2D eigenvalue weighted by atomic mass is 10.3. The monoisotopic (exact) mass is 183 g/mol. The van der Waals surface area contributed by atoms with Crippen molar-refractivity contribution in [1.82, 2.24) is 0 Å². The van der Waals surface area contributed by atoms with Gasteiger partial charge in [0.15, 0.2) is 0 Å². The number of benzene rings is 1. The van der Waals surface area contributed by atoms with E-state index in [1.54, 1.807) is 18.2 Å². The molecule has 0 aromatic heterocycles. The molecule has 0 spiro atoms. The van der Waals surface area contributed by atoms with Crippen LogP contribution >= 0.6 is 0 Å². The Morgan fingerprint density at radius 3 is 2.85 bits per heavy atom. The van der Waals surface area contributed by atoms with Gasteiger partial charge in [-0.15, -0.1) is 5.12 Å². The van der Waals surface area contributed by atoms with Crippen LogP contribution in [0.15, 0.2) is 24.3 Å². The van der Waals surface area contributed by atoms with Crippen molar-refractivity contribution in [2.75, 3.05) is 10.4 Å². The number of para-hydroxylation sites is 2. The number of nitro groups is 1. The van der Waals surface area contributed by atoms with Crippen molar-refractivity contribution in [2.45, 2.75) is 6.29 Å². The fraction of sp³-hybridized carbons (Fsp3) is 0.143. The third-order valence-electron chi connectivity index (χ3n) is 1.83. The lowest BCUT2D eigenvalue weighted by Crippen LogP contribution is -2.36. The predicted molar refractivity (Wildman–Crippen MR) is 44.4 cm³/mol. The van der Waals surface area contributed by atoms with Crippen molar-refractivity contribution in [3.05, 3.63) is 34.4 Å². The van der Waals surface area contributed by atoms with E-state index in [-0.39, 0.29) is 10.8 Å². The van der Waals surface area contributed by atoms with E-state index in [4.69, 9.17) is 0 Å². The predicted octanol–water partition coefficient (Wildman–Crippen LogP) is 1.36. The minimum absolute atomic E-state index is 0.106. The Balaban J connectivity index is 2.38. The van der Waals surface area contributed by atoms with Gasteiger partial charge in [0, 0.05) is 0 Å². The van der Waals surface area contributed by atoms with Crippen molar-refractivity contribution < 1.29 is 9.40 Å². The summed E-state index contributed by atoms with van der Waals surface area (Å²) in [7, 11) is 0. The second-order valence-electron chi connectivity index (χ2n) is 2.63. The first kappa shape index (κ1) is 7.78. The Labute approximate surface area is 72.9 Å². The Hall–Kier alpha value is -1.85. The number of hydrogen-bond donors (Lipinski definition) is 1. The Morgan fingerprint density at radius 1 is 1.54 bits per heavy atom. The molecule has 1 aliphatic rings. The van der Waals surface area contributed by atoms with E-state index in [0.29, 0.717) is 5.69 Å². The summed E-state index contributed by atoms with van der Waals surface area (Å²) in [4.78, 5) is 9.62. The largest absolute Gasteiger partial charge is 0.392 e. The second-order valence-corrected chi connectivity index (χ2v) is 2.63. The average Bonchev–Trinajstić information content (AvgIpc) is 2.45. The van der Waals surface area contributed by atoms with Gasteiger partial charge in [-0.1, -0.05) is 16.6 Å². The normalized spacial score (nSPS) is 19.5. The molecule has 1 atom stereocenters. The molecule has 0 fully saturated rings. The minimum Gasteiger partial charge on any atom is -0.301 e. The van der Waals surface area contributed by atoms with Gasteiger partial charge in [0.05, 0.1) is 10.6 Å². The van der Waals surface area contributed by atoms with E-state index in [0.717, 1.165) is 0 Å². The lowest BCUT2D eigenvalue weighted by Gasteiger charge is -2.07. The number of fused-ring (bicyclic) bond motifs is 1. The number of halogens is 1. The van der Waals surface area contributed by atoms with Crippen molar-refractivity contribution in [3.8, 4) is 0 Å². The molecule has 0 aliphatic carbocycles. The van der Waals surface area contributed by atoms with Crippen LogP contribution in [-0.4, -0.2) is 11.2 Å². The minimum atomic E-state index is -1.50. The van der Waals surface area contributed by atoms with Crippen molar-refractivity contribution >= 4 is 11.4 Å². The van der Waals surface area contributed by atoms with E-state index in [1.807, 2.05) is 0 Å². The van der Waals surface area contributed by atoms with E-state index in [1.165, 1.54) is 6.07 Å². The first-order chi connectivity index (χ1) is 6.20. The highest BCUT2D eigenvalue weighted by molar-refractivity contribution is 5.73. The van der Waals surface area contributed by atoms with Gasteiger partial charge >= 0.3 is 6.29 Å². The summed E-state index contributed by atoms with van der Waals surface area (Å²) in [6.07, 6.45) is -1.50. The SMILES string of the molecule is O=[N+]([O-])C1Nc2ccccc2N1F. The van der Waals surface area contributed by atoms with Gasteiger partial charge < -0.3 is 5.32 Å². The molecule has 2 rings (SSSR count). The van der Waals surface area contributed by atoms with Crippen molar-refractivity contribution in [3.63, 3.8) is 0 Å². The standard InChI is InChI=1S/C7H6FN3O2/c8-10-6-4-2-1-3-5(6)9-7(10)11(12)13/h1-4,7,9H. The molecule has 0 amide bonds. The number of nitrogens with one attached hydrogen (secondary N) is 1. The van der Waals surface area contributed by atoms with Gasteiger partial charge in [-0.25, -0.2) is 0 Å². The molecule has 1 aromatic rings. The molecule has 1 N–H and O–H groups in total. The zero-order valence-corrected chi connectivity index (χ0v) is 6.48. The highest BCUT2D eigenvalue weighted by Gasteiger charge is 2.37. The highest BCUT2D eigenvalue weighted by Crippen LogP contribution is 2.34. The summed E-state index contributed by atoms with van der Waals surface area (Å²) in [5, 5.41) is 12.9. The van der Waals surface area contributed by atoms with E-state index in [9.17, 15) is 14.6 Å². The van der Waals surface area contributed by atoms with Crippen LogP contribution in [0.4, 0.5) is 15.9 Å². The van der Waals surface area contributed by atoms with Crippen LogP contribution in [0.2, 0.25) is 0 Å². The maximum Gasteiger partial charge on any atom is 0.392 e. The summed E-state index contributed by atoms with van der Waals surface area (Å²) >= 11 is 0. The average molecular weight is 183 g/mol. The second kappa shape index (κ2) is 2.58. The molecule has 0 radical (unpaired) electrons. The van der Waals surface area contributed by atoms with Gasteiger partial charge in [-0.2, -0.15) is 0 Å². The number of nitrogens with zero attached hydrogens (tertiary/aromatic N) is 2. The molecule has 0 bridgehead atoms. The van der Waals surface area contributed by atoms with Gasteiger partial charge in [0.25, 0.3) is 0 Å². The van der Waals surface area contributed by atoms with Gasteiger partial charge in [0.1, 0.15) is 5.69 Å². The van der Waals surface area contributed by atoms with Crippen LogP contribution in [0, 0.1) is 10.1 Å². The number of anilines is 2. The molecule has 1 unspecified atom stereocenters. The third kappa shape index (κ3) is 1.07. The quantitative estimate of drug-likeness (QED) is 0.405. The van der Waals surface area contributed by atoms with Crippen LogP contribution in [0.25, 0.3) is 0 Å². The fourth-order valence-electron chi connectivity index (χ4n) is 1.24. The van der Waals surface area contributed by atoms with Gasteiger partial charge in [0.2, 0.25) is 0 Å². The molecule has 1 heterocycles. The van der Waals surface area contributed by atoms with Crippen LogP contribution in [-0.2, 0) is 0 Å². The molecule has 13 heavy (non-hydrogen) atoms. The summed E-state index contributed by atoms with van der Waals surface area (Å²) in [5.74, 6) is 0. The van der Waals surface area contributed by atoms with Crippen LogP contribution in [0.5, 0.6) is 0 Å². The molecule has 68 valence electrons. The molecular formula is C7H6FN3O2. The summed E-state index contributed by atoms with van der Waals surface area (Å²) in [6, 6.07) is 6.37. The van der Waals surface area contributed by atoms with Crippen LogP contribution in [0.3, 0.4) is 0 Å². The van der Waals surface area contributed by atoms with E-state index < -0.39 is 11.2 Å². The van der Waals surface area contributed by atoms with Gasteiger partial charge in [-0.05, 0) is 12.1 Å². The summed E-state index contributed by atoms with van der Waals surface area (Å²) in [6.45, 7) is 0. The first-order valence-electron chi connectivity index (χ1n) is 3.64. The molecular weight excluding hydrogens is 177 g/mol. The zero-order chi connectivity index (χ0) is 9.42. The summed E-state index contributed by atoms with van der Waals surface area (Å²) < 4.78 is 13.2. The maximum absolute atomic E-state index is 13.2. The highest BCUT2D eigenvalue weighted by atomic mass is 19.2. The van der Waals surface area contributed by atoms with E-state index in [2.05, 4.69) is 5.32 Å². The zero-order valence-electron chi connectivity index (χ0n) is 6.48. The maximum atomic E-state index is 13.2. The van der Waals surface area contributed by atoms with Crippen LogP contribution < -0.4 is 10.4 Å². The molecule has 6 heteroatoms. The van der Waals surface area contributed by atoms with Crippen molar-refractivity contribution in [2.24, 2.45) is 0 Å². The summed E-state index contributed by atoms with van der Waals surface area (Å²) in [5.41, 5.74) is 0.635. The third-order valence-corrected chi connectivity index (χ3v) is 1.83. The molecule has 1 aromatic carbocycles. The molecule has 0 saturated carbocycles. The first-order valence-corrected chi connectivity index (χ1v) is 3.64. The smallest absolute Gasteiger partial charge is 0.301 e. The molecule has 5 nitrogen and oxygen atoms in total. The Morgan fingerprint density at radius 2 is 2.23 bits per heavy atom. The Bertz CT molecular complexity index is 357. The topological polar surface area (TPSA) is 58.4 Å². The Kier molecular flexibility index (Phi) is 1.54. The van der Waals surface area contributed by atoms with Crippen molar-refractivity contribution in [1.29, 1.82) is 0 Å².